The number of hydrogen-bond donors (Lipinski definition) is 1. The van der Waals surface area contributed by atoms with Gasteiger partial charge in [0.1, 0.15) is 18.0 Å². The second-order valence-electron chi connectivity index (χ2n) is 7.74. The summed E-state index contributed by atoms with van der Waals surface area (Å²) in [6.45, 7) is 5.85. The van der Waals surface area contributed by atoms with E-state index in [4.69, 9.17) is 4.74 Å². The Morgan fingerprint density at radius 1 is 1.07 bits per heavy atom. The van der Waals surface area contributed by atoms with Crippen molar-refractivity contribution in [2.24, 2.45) is 0 Å². The monoisotopic (exact) mass is 399 g/mol. The van der Waals surface area contributed by atoms with Crippen LogP contribution in [-0.4, -0.2) is 52.0 Å². The van der Waals surface area contributed by atoms with Crippen molar-refractivity contribution in [1.82, 2.24) is 19.7 Å². The van der Waals surface area contributed by atoms with Gasteiger partial charge in [-0.15, -0.1) is 5.10 Å². The van der Waals surface area contributed by atoms with Crippen LogP contribution in [0.1, 0.15) is 18.5 Å². The molecule has 2 aromatic carbocycles. The standard InChI is InChI=1S/C21H21F2N5O.H2/c1-13-2-14(15-8-27(9-15)20-10-29-11-20)4-18(3-13)25-21-24-12-28(26-21)19-6-16(22)5-17(23)7-19;/h2-7,12,15,20H,8-11H2,1H3,(H,25,26);1H. The summed E-state index contributed by atoms with van der Waals surface area (Å²) in [7, 11) is 0. The van der Waals surface area contributed by atoms with E-state index >= 15 is 0 Å². The number of nitrogens with one attached hydrogen (secondary N) is 1. The Morgan fingerprint density at radius 2 is 1.83 bits per heavy atom. The van der Waals surface area contributed by atoms with Gasteiger partial charge < -0.3 is 10.1 Å². The van der Waals surface area contributed by atoms with Crippen LogP contribution in [0.15, 0.2) is 42.7 Å². The molecule has 0 amide bonds. The maximum absolute atomic E-state index is 13.4. The van der Waals surface area contributed by atoms with E-state index in [0.717, 1.165) is 43.6 Å². The fourth-order valence-electron chi connectivity index (χ4n) is 3.82. The van der Waals surface area contributed by atoms with Gasteiger partial charge in [-0.3, -0.25) is 4.90 Å². The van der Waals surface area contributed by atoms with Crippen LogP contribution < -0.4 is 5.32 Å². The van der Waals surface area contributed by atoms with Crippen LogP contribution in [-0.2, 0) is 4.74 Å². The van der Waals surface area contributed by atoms with E-state index in [2.05, 4.69) is 39.4 Å². The van der Waals surface area contributed by atoms with Gasteiger partial charge in [-0.2, -0.15) is 4.98 Å². The van der Waals surface area contributed by atoms with Gasteiger partial charge in [-0.25, -0.2) is 13.5 Å². The number of ether oxygens (including phenoxy) is 1. The second kappa shape index (κ2) is 7.20. The Bertz CT molecular complexity index is 1030. The fourth-order valence-corrected chi connectivity index (χ4v) is 3.82. The van der Waals surface area contributed by atoms with Gasteiger partial charge in [-0.1, -0.05) is 6.07 Å². The molecule has 2 aliphatic heterocycles. The third-order valence-corrected chi connectivity index (χ3v) is 5.48. The van der Waals surface area contributed by atoms with Crippen LogP contribution in [0.4, 0.5) is 20.4 Å². The minimum atomic E-state index is -0.656. The lowest BCUT2D eigenvalue weighted by molar-refractivity contribution is -0.0906. The molecule has 1 N–H and O–H groups in total. The Labute approximate surface area is 168 Å². The summed E-state index contributed by atoms with van der Waals surface area (Å²) in [6.07, 6.45) is 1.43. The number of nitrogens with zero attached hydrogens (tertiary/aromatic N) is 4. The SMILES string of the molecule is Cc1cc(Nc2ncn(-c3cc(F)cc(F)c3)n2)cc(C2CN(C3COC3)C2)c1.[HH]. The van der Waals surface area contributed by atoms with E-state index in [1.807, 2.05) is 6.07 Å². The minimum absolute atomic E-state index is 0. The van der Waals surface area contributed by atoms with Crippen LogP contribution in [0.2, 0.25) is 0 Å². The molecule has 1 aromatic heterocycles. The van der Waals surface area contributed by atoms with Gasteiger partial charge in [0.2, 0.25) is 5.95 Å². The lowest BCUT2D eigenvalue weighted by atomic mass is 9.88. The minimum Gasteiger partial charge on any atom is -0.378 e. The van der Waals surface area contributed by atoms with Gasteiger partial charge in [-0.05, 0) is 42.3 Å². The van der Waals surface area contributed by atoms with E-state index in [0.29, 0.717) is 17.9 Å². The molecule has 5 rings (SSSR count). The lowest BCUT2D eigenvalue weighted by Crippen LogP contribution is -2.58. The summed E-state index contributed by atoms with van der Waals surface area (Å²) >= 11 is 0. The molecule has 3 heterocycles. The highest BCUT2D eigenvalue weighted by Crippen LogP contribution is 2.33. The van der Waals surface area contributed by atoms with E-state index in [-0.39, 0.29) is 7.11 Å². The molecule has 0 bridgehead atoms. The topological polar surface area (TPSA) is 55.2 Å². The van der Waals surface area contributed by atoms with Crippen molar-refractivity contribution >= 4 is 11.6 Å². The first kappa shape index (κ1) is 18.2. The van der Waals surface area contributed by atoms with Crippen LogP contribution in [0.25, 0.3) is 5.69 Å². The molecule has 2 fully saturated rings. The number of aryl methyl sites for hydroxylation is 1. The van der Waals surface area contributed by atoms with Crippen LogP contribution in [0.3, 0.4) is 0 Å². The maximum atomic E-state index is 13.4. The summed E-state index contributed by atoms with van der Waals surface area (Å²) in [6, 6.07) is 10.2. The first-order valence-electron chi connectivity index (χ1n) is 9.62. The summed E-state index contributed by atoms with van der Waals surface area (Å²) in [5.74, 6) is -0.433. The molecular weight excluding hydrogens is 376 g/mol. The molecule has 152 valence electrons. The van der Waals surface area contributed by atoms with E-state index in [1.165, 1.54) is 28.7 Å². The number of likely N-dealkylation sites (tertiary alicyclic amines) is 1. The highest BCUT2D eigenvalue weighted by molar-refractivity contribution is 5.56. The van der Waals surface area contributed by atoms with E-state index < -0.39 is 11.6 Å². The molecule has 29 heavy (non-hydrogen) atoms. The lowest BCUT2D eigenvalue weighted by Gasteiger charge is -2.47. The van der Waals surface area contributed by atoms with Gasteiger partial charge in [0, 0.05) is 32.2 Å². The normalized spacial score (nSPS) is 17.8. The van der Waals surface area contributed by atoms with Crippen molar-refractivity contribution in [3.63, 3.8) is 0 Å². The average Bonchev–Trinajstić information content (AvgIpc) is 3.03. The van der Waals surface area contributed by atoms with E-state index in [1.54, 1.807) is 0 Å². The highest BCUT2D eigenvalue weighted by Gasteiger charge is 2.36. The molecule has 0 radical (unpaired) electrons. The zero-order valence-corrected chi connectivity index (χ0v) is 16.0. The Kier molecular flexibility index (Phi) is 4.52. The predicted molar refractivity (Wildman–Crippen MR) is 107 cm³/mol. The summed E-state index contributed by atoms with van der Waals surface area (Å²) in [5.41, 5.74) is 3.62. The van der Waals surface area contributed by atoms with Crippen molar-refractivity contribution in [2.75, 3.05) is 31.6 Å². The molecule has 0 unspecified atom stereocenters. The molecule has 8 heteroatoms. The molecule has 3 aromatic rings. The van der Waals surface area contributed by atoms with Crippen molar-refractivity contribution in [3.05, 3.63) is 65.5 Å². The zero-order chi connectivity index (χ0) is 20.0. The van der Waals surface area contributed by atoms with Crippen molar-refractivity contribution in [2.45, 2.75) is 18.9 Å². The van der Waals surface area contributed by atoms with Crippen LogP contribution in [0, 0.1) is 18.6 Å². The number of aromatic nitrogens is 3. The third kappa shape index (κ3) is 3.73. The zero-order valence-electron chi connectivity index (χ0n) is 16.0. The largest absolute Gasteiger partial charge is 0.378 e. The molecule has 2 aliphatic rings. The summed E-state index contributed by atoms with van der Waals surface area (Å²) in [4.78, 5) is 6.68. The molecule has 0 aliphatic carbocycles. The third-order valence-electron chi connectivity index (χ3n) is 5.48. The smallest absolute Gasteiger partial charge is 0.246 e. The van der Waals surface area contributed by atoms with Crippen molar-refractivity contribution < 1.29 is 14.9 Å². The Hall–Kier alpha value is -2.84. The number of anilines is 2. The molecule has 0 saturated carbocycles. The number of hydrogen-bond acceptors (Lipinski definition) is 5. The van der Waals surface area contributed by atoms with Crippen LogP contribution in [0.5, 0.6) is 0 Å². The molecule has 0 spiro atoms. The van der Waals surface area contributed by atoms with Crippen molar-refractivity contribution in [1.29, 1.82) is 0 Å². The van der Waals surface area contributed by atoms with Gasteiger partial charge >= 0.3 is 0 Å². The van der Waals surface area contributed by atoms with Gasteiger partial charge in [0.25, 0.3) is 0 Å². The first-order chi connectivity index (χ1) is 14.0. The van der Waals surface area contributed by atoms with Crippen molar-refractivity contribution in [3.8, 4) is 5.69 Å². The number of halogens is 2. The van der Waals surface area contributed by atoms with Gasteiger partial charge in [0.15, 0.2) is 0 Å². The molecule has 2 saturated heterocycles. The Morgan fingerprint density at radius 3 is 2.52 bits per heavy atom. The van der Waals surface area contributed by atoms with E-state index in [9.17, 15) is 8.78 Å². The fraction of sp³-hybridized carbons (Fsp3) is 0.333. The predicted octanol–water partition coefficient (Wildman–Crippen LogP) is 3.64. The summed E-state index contributed by atoms with van der Waals surface area (Å²) < 4.78 is 33.5. The van der Waals surface area contributed by atoms with Gasteiger partial charge in [0.05, 0.1) is 24.9 Å². The first-order valence-corrected chi connectivity index (χ1v) is 9.62. The maximum Gasteiger partial charge on any atom is 0.246 e. The average molecular weight is 399 g/mol. The number of benzene rings is 2. The molecular formula is C21H23F2N5O. The quantitative estimate of drug-likeness (QED) is 0.710. The number of rotatable bonds is 5. The van der Waals surface area contributed by atoms with Crippen LogP contribution >= 0.6 is 0 Å². The molecule has 0 atom stereocenters. The second-order valence-corrected chi connectivity index (χ2v) is 7.74. The Balaban J connectivity index is 0.00000218. The highest BCUT2D eigenvalue weighted by atomic mass is 19.1. The summed E-state index contributed by atoms with van der Waals surface area (Å²) in [5, 5.41) is 7.49. The molecule has 6 nitrogen and oxygen atoms in total.